The Bertz CT molecular complexity index is 471. The maximum Gasteiger partial charge on any atom is 0.407 e. The highest BCUT2D eigenvalue weighted by atomic mass is 32.2. The number of alkyl carbamates (subject to hydrolysis) is 1. The fraction of sp³-hybridized carbons (Fsp3) is 0.429. The van der Waals surface area contributed by atoms with Crippen LogP contribution in [-0.2, 0) is 16.1 Å². The first-order valence-corrected chi connectivity index (χ1v) is 7.54. The van der Waals surface area contributed by atoms with Crippen molar-refractivity contribution in [3.63, 3.8) is 0 Å². The van der Waals surface area contributed by atoms with Crippen LogP contribution in [0.15, 0.2) is 30.3 Å². The SMILES string of the molecule is O=C(NCC1(C(=O)O)CCSC1)OCc1ccccc1. The maximum atomic E-state index is 11.6. The molecule has 1 aliphatic heterocycles. The van der Waals surface area contributed by atoms with E-state index in [1.807, 2.05) is 30.3 Å². The highest BCUT2D eigenvalue weighted by Gasteiger charge is 2.42. The Balaban J connectivity index is 1.78. The van der Waals surface area contributed by atoms with Gasteiger partial charge in [-0.2, -0.15) is 11.8 Å². The Hall–Kier alpha value is -1.69. The van der Waals surface area contributed by atoms with E-state index < -0.39 is 17.5 Å². The van der Waals surface area contributed by atoms with E-state index in [0.29, 0.717) is 12.2 Å². The molecule has 1 aliphatic rings. The van der Waals surface area contributed by atoms with Crippen molar-refractivity contribution in [3.05, 3.63) is 35.9 Å². The third-order valence-electron chi connectivity index (χ3n) is 3.34. The van der Waals surface area contributed by atoms with Crippen molar-refractivity contribution < 1.29 is 19.4 Å². The second-order valence-electron chi connectivity index (χ2n) is 4.80. The van der Waals surface area contributed by atoms with Crippen LogP contribution in [-0.4, -0.2) is 35.2 Å². The zero-order chi connectivity index (χ0) is 14.4. The molecule has 108 valence electrons. The molecule has 0 saturated carbocycles. The molecule has 1 atom stereocenters. The summed E-state index contributed by atoms with van der Waals surface area (Å²) >= 11 is 1.60. The Morgan fingerprint density at radius 2 is 2.10 bits per heavy atom. The van der Waals surface area contributed by atoms with E-state index in [-0.39, 0.29) is 13.2 Å². The summed E-state index contributed by atoms with van der Waals surface area (Å²) in [5, 5.41) is 11.8. The second-order valence-corrected chi connectivity index (χ2v) is 5.91. The molecule has 0 radical (unpaired) electrons. The van der Waals surface area contributed by atoms with Gasteiger partial charge in [0, 0.05) is 12.3 Å². The molecule has 5 nitrogen and oxygen atoms in total. The number of rotatable bonds is 5. The monoisotopic (exact) mass is 295 g/mol. The van der Waals surface area contributed by atoms with Crippen LogP contribution in [0, 0.1) is 5.41 Å². The molecule has 1 saturated heterocycles. The molecule has 0 aromatic heterocycles. The normalized spacial score (nSPS) is 21.4. The summed E-state index contributed by atoms with van der Waals surface area (Å²) in [4.78, 5) is 22.9. The first kappa shape index (κ1) is 14.7. The van der Waals surface area contributed by atoms with E-state index >= 15 is 0 Å². The van der Waals surface area contributed by atoms with Gasteiger partial charge in [0.25, 0.3) is 0 Å². The number of ether oxygens (including phenoxy) is 1. The number of aliphatic carboxylic acids is 1. The Morgan fingerprint density at radius 3 is 2.70 bits per heavy atom. The molecule has 0 bridgehead atoms. The van der Waals surface area contributed by atoms with Gasteiger partial charge in [0.1, 0.15) is 6.61 Å². The first-order chi connectivity index (χ1) is 9.62. The van der Waals surface area contributed by atoms with E-state index in [9.17, 15) is 14.7 Å². The molecule has 1 aromatic rings. The minimum atomic E-state index is -0.856. The molecule has 1 amide bonds. The third kappa shape index (κ3) is 3.66. The average molecular weight is 295 g/mol. The average Bonchev–Trinajstić information content (AvgIpc) is 2.94. The summed E-state index contributed by atoms with van der Waals surface area (Å²) in [6.07, 6.45) is -0.00207. The summed E-state index contributed by atoms with van der Waals surface area (Å²) < 4.78 is 5.06. The number of hydrogen-bond donors (Lipinski definition) is 2. The molecule has 2 N–H and O–H groups in total. The number of carboxylic acid groups (broad SMARTS) is 1. The third-order valence-corrected chi connectivity index (χ3v) is 4.59. The maximum absolute atomic E-state index is 11.6. The van der Waals surface area contributed by atoms with E-state index in [0.717, 1.165) is 11.3 Å². The van der Waals surface area contributed by atoms with Crippen molar-refractivity contribution in [2.45, 2.75) is 13.0 Å². The molecule has 0 spiro atoms. The summed E-state index contributed by atoms with van der Waals surface area (Å²) in [5.74, 6) is 0.486. The second kappa shape index (κ2) is 6.65. The quantitative estimate of drug-likeness (QED) is 0.870. The zero-order valence-electron chi connectivity index (χ0n) is 11.0. The van der Waals surface area contributed by atoms with E-state index in [1.165, 1.54) is 0 Å². The summed E-state index contributed by atoms with van der Waals surface area (Å²) in [5.41, 5.74) is 0.0446. The Morgan fingerprint density at radius 1 is 1.35 bits per heavy atom. The van der Waals surface area contributed by atoms with E-state index in [2.05, 4.69) is 5.32 Å². The molecule has 0 aliphatic carbocycles. The van der Waals surface area contributed by atoms with Gasteiger partial charge in [0.05, 0.1) is 5.41 Å². The minimum Gasteiger partial charge on any atom is -0.481 e. The van der Waals surface area contributed by atoms with Gasteiger partial charge in [0.2, 0.25) is 0 Å². The van der Waals surface area contributed by atoms with Gasteiger partial charge < -0.3 is 15.2 Å². The van der Waals surface area contributed by atoms with Gasteiger partial charge in [-0.15, -0.1) is 0 Å². The number of nitrogens with one attached hydrogen (secondary N) is 1. The molecule has 1 heterocycles. The van der Waals surface area contributed by atoms with Crippen molar-refractivity contribution in [2.75, 3.05) is 18.1 Å². The smallest absolute Gasteiger partial charge is 0.407 e. The predicted octanol–water partition coefficient (Wildman–Crippen LogP) is 2.12. The lowest BCUT2D eigenvalue weighted by Crippen LogP contribution is -2.43. The number of carbonyl (C=O) groups is 2. The molecular formula is C14H17NO4S. The lowest BCUT2D eigenvalue weighted by Gasteiger charge is -2.22. The van der Waals surface area contributed by atoms with Crippen molar-refractivity contribution >= 4 is 23.8 Å². The summed E-state index contributed by atoms with van der Waals surface area (Å²) in [6.45, 7) is 0.296. The largest absolute Gasteiger partial charge is 0.481 e. The van der Waals surface area contributed by atoms with Crippen molar-refractivity contribution in [1.29, 1.82) is 0 Å². The van der Waals surface area contributed by atoms with Crippen LogP contribution >= 0.6 is 11.8 Å². The summed E-state index contributed by atoms with van der Waals surface area (Å²) in [6, 6.07) is 9.34. The van der Waals surface area contributed by atoms with Gasteiger partial charge in [-0.25, -0.2) is 4.79 Å². The first-order valence-electron chi connectivity index (χ1n) is 6.38. The zero-order valence-corrected chi connectivity index (χ0v) is 11.8. The van der Waals surface area contributed by atoms with Crippen LogP contribution in [0.5, 0.6) is 0 Å². The van der Waals surface area contributed by atoms with Gasteiger partial charge in [-0.1, -0.05) is 30.3 Å². The fourth-order valence-corrected chi connectivity index (χ4v) is 3.45. The molecule has 20 heavy (non-hydrogen) atoms. The highest BCUT2D eigenvalue weighted by molar-refractivity contribution is 7.99. The van der Waals surface area contributed by atoms with Crippen LogP contribution in [0.2, 0.25) is 0 Å². The van der Waals surface area contributed by atoms with Crippen molar-refractivity contribution in [2.24, 2.45) is 5.41 Å². The highest BCUT2D eigenvalue weighted by Crippen LogP contribution is 2.35. The lowest BCUT2D eigenvalue weighted by molar-refractivity contribution is -0.147. The lowest BCUT2D eigenvalue weighted by atomic mass is 9.88. The number of carboxylic acids is 1. The predicted molar refractivity (Wildman–Crippen MR) is 76.6 cm³/mol. The topological polar surface area (TPSA) is 75.6 Å². The molecule has 1 unspecified atom stereocenters. The van der Waals surface area contributed by atoms with E-state index in [4.69, 9.17) is 4.74 Å². The van der Waals surface area contributed by atoms with Crippen LogP contribution in [0.25, 0.3) is 0 Å². The number of hydrogen-bond acceptors (Lipinski definition) is 4. The van der Waals surface area contributed by atoms with Crippen molar-refractivity contribution in [3.8, 4) is 0 Å². The van der Waals surface area contributed by atoms with Gasteiger partial charge in [-0.3, -0.25) is 4.79 Å². The molecule has 2 rings (SSSR count). The molecule has 1 aromatic carbocycles. The number of benzene rings is 1. The fourth-order valence-electron chi connectivity index (χ4n) is 2.01. The van der Waals surface area contributed by atoms with Crippen LogP contribution in [0.1, 0.15) is 12.0 Å². The Kier molecular flexibility index (Phi) is 4.89. The van der Waals surface area contributed by atoms with Crippen LogP contribution in [0.4, 0.5) is 4.79 Å². The number of amides is 1. The summed E-state index contributed by atoms with van der Waals surface area (Å²) in [7, 11) is 0. The number of carbonyl (C=O) groups excluding carboxylic acids is 1. The molecule has 1 fully saturated rings. The van der Waals surface area contributed by atoms with Gasteiger partial charge in [-0.05, 0) is 17.7 Å². The van der Waals surface area contributed by atoms with Gasteiger partial charge in [0.15, 0.2) is 0 Å². The van der Waals surface area contributed by atoms with E-state index in [1.54, 1.807) is 11.8 Å². The Labute approximate surface area is 121 Å². The number of thioether (sulfide) groups is 1. The molecular weight excluding hydrogens is 278 g/mol. The standard InChI is InChI=1S/C14H17NO4S/c16-12(17)14(6-7-20-10-14)9-15-13(18)19-8-11-4-2-1-3-5-11/h1-5H,6-10H2,(H,15,18)(H,16,17). The molecule has 6 heteroatoms. The van der Waals surface area contributed by atoms with Crippen LogP contribution in [0.3, 0.4) is 0 Å². The van der Waals surface area contributed by atoms with Crippen molar-refractivity contribution in [1.82, 2.24) is 5.32 Å². The van der Waals surface area contributed by atoms with Crippen LogP contribution < -0.4 is 5.32 Å². The minimum absolute atomic E-state index is 0.114. The van der Waals surface area contributed by atoms with Gasteiger partial charge >= 0.3 is 12.1 Å².